The Morgan fingerprint density at radius 1 is 0.525 bits per heavy atom. The van der Waals surface area contributed by atoms with Crippen molar-refractivity contribution < 1.29 is 29.8 Å². The molecule has 12 nitrogen and oxygen atoms in total. The van der Waals surface area contributed by atoms with Gasteiger partial charge in [0.2, 0.25) is 0 Å². The van der Waals surface area contributed by atoms with Gasteiger partial charge in [0.05, 0.1) is 0 Å². The van der Waals surface area contributed by atoms with Crippen LogP contribution in [0.25, 0.3) is 18.2 Å². The van der Waals surface area contributed by atoms with Gasteiger partial charge in [0.1, 0.15) is 12.5 Å². The molecule has 3 amide bonds. The fraction of sp³-hybridized carbons (Fsp3) is 0.0408. The van der Waals surface area contributed by atoms with Gasteiger partial charge in [-0.25, -0.2) is 16.7 Å². The van der Waals surface area contributed by atoms with Crippen molar-refractivity contribution in [3.63, 3.8) is 0 Å². The molecule has 0 aliphatic rings. The van der Waals surface area contributed by atoms with Gasteiger partial charge in [-0.15, -0.1) is 0 Å². The number of nitrogens with one attached hydrogen (secondary N) is 4. The van der Waals surface area contributed by atoms with E-state index in [1.165, 1.54) is 6.08 Å². The molecule has 0 bridgehead atoms. The van der Waals surface area contributed by atoms with Crippen molar-refractivity contribution in [2.24, 2.45) is 10.9 Å². The van der Waals surface area contributed by atoms with Crippen LogP contribution in [0.5, 0.6) is 0 Å². The largest absolute Gasteiger partial charge is 0.412 e. The topological polar surface area (TPSA) is 207 Å². The Hall–Kier alpha value is -7.87. The molecule has 0 radical (unpaired) electrons. The van der Waals surface area contributed by atoms with Crippen molar-refractivity contribution in [2.75, 3.05) is 0 Å². The molecule has 314 valence electrons. The molecule has 0 fully saturated rings. The molecule has 61 heavy (non-hydrogen) atoms. The predicted octanol–water partition coefficient (Wildman–Crippen LogP) is 7.07. The zero-order valence-corrected chi connectivity index (χ0v) is 32.6. The SMILES string of the molecule is C.NNC(=O)c1ccccc1.O.O=C(N/N=C/C=C/c1ccccc1)c1ccccc1.O=C(NNC(O)/C=C/c1ccccc1)c1ccccc1.O=C/C=C/c1ccccc1. The molecule has 6 rings (SSSR count). The fourth-order valence-electron chi connectivity index (χ4n) is 4.51. The monoisotopic (exact) mass is 820 g/mol. The number of nitrogens with two attached hydrogens (primary N) is 1. The lowest BCUT2D eigenvalue weighted by atomic mass is 10.2. The van der Waals surface area contributed by atoms with E-state index in [9.17, 15) is 24.3 Å². The minimum atomic E-state index is -0.956. The number of nitrogen functional groups attached to an aromatic ring is 1. The summed E-state index contributed by atoms with van der Waals surface area (Å²) in [6, 6.07) is 55.7. The average Bonchev–Trinajstić information content (AvgIpc) is 3.31. The van der Waals surface area contributed by atoms with Crippen LogP contribution >= 0.6 is 0 Å². The minimum absolute atomic E-state index is 0. The van der Waals surface area contributed by atoms with Crippen LogP contribution in [0, 0.1) is 0 Å². The van der Waals surface area contributed by atoms with Gasteiger partial charge < -0.3 is 10.6 Å². The van der Waals surface area contributed by atoms with Gasteiger partial charge in [-0.1, -0.05) is 171 Å². The Labute approximate surface area is 357 Å². The molecule has 6 aromatic rings. The van der Waals surface area contributed by atoms with Crippen LogP contribution in [0.3, 0.4) is 0 Å². The van der Waals surface area contributed by atoms with Crippen LogP contribution in [0.1, 0.15) is 55.2 Å². The summed E-state index contributed by atoms with van der Waals surface area (Å²) < 4.78 is 0. The minimum Gasteiger partial charge on any atom is -0.412 e. The molecule has 0 aliphatic carbocycles. The van der Waals surface area contributed by atoms with Crippen LogP contribution < -0.4 is 27.5 Å². The molecule has 0 aromatic heterocycles. The number of carbonyl (C=O) groups excluding carboxylic acids is 4. The first-order valence-corrected chi connectivity index (χ1v) is 18.2. The second-order valence-electron chi connectivity index (χ2n) is 11.8. The second-order valence-corrected chi connectivity index (χ2v) is 11.8. The maximum atomic E-state index is 11.7. The zero-order chi connectivity index (χ0) is 42.2. The van der Waals surface area contributed by atoms with Gasteiger partial charge in [0, 0.05) is 22.9 Å². The first-order chi connectivity index (χ1) is 28.9. The van der Waals surface area contributed by atoms with E-state index >= 15 is 0 Å². The molecule has 0 aliphatic heterocycles. The van der Waals surface area contributed by atoms with Crippen LogP contribution in [-0.4, -0.2) is 47.0 Å². The molecule has 9 N–H and O–H groups in total. The van der Waals surface area contributed by atoms with Gasteiger partial charge >= 0.3 is 0 Å². The highest BCUT2D eigenvalue weighted by molar-refractivity contribution is 5.95. The van der Waals surface area contributed by atoms with Crippen LogP contribution in [0.2, 0.25) is 0 Å². The van der Waals surface area contributed by atoms with Crippen LogP contribution in [0.15, 0.2) is 205 Å². The summed E-state index contributed by atoms with van der Waals surface area (Å²) in [4.78, 5) is 44.0. The van der Waals surface area contributed by atoms with E-state index in [0.717, 1.165) is 23.0 Å². The number of benzene rings is 6. The quantitative estimate of drug-likeness (QED) is 0.0144. The zero-order valence-electron chi connectivity index (χ0n) is 32.6. The standard InChI is InChI=1S/C16H16N2O2.C16H14N2O.C9H8O.C7H8N2O.CH4.H2O/c19-15(12-11-13-7-3-1-4-8-13)17-18-16(20)14-9-5-2-6-10-14;19-16(15-11-5-2-6-12-15)18-17-13-7-10-14-8-3-1-4-9-14;10-8-4-7-9-5-2-1-3-6-9;8-9-7(10)6-4-2-1-3-5-6;;/h1-12,15,17,19H,(H,18,20);1-13H,(H,18,19);1-8H;1-5H,8H2,(H,9,10);1H4;1H2/b12-11+;10-7+,17-13+;7-4+;;;. The summed E-state index contributed by atoms with van der Waals surface area (Å²) in [6.07, 6.45) is 11.6. The third-order valence-electron chi connectivity index (χ3n) is 7.42. The third kappa shape index (κ3) is 22.6. The summed E-state index contributed by atoms with van der Waals surface area (Å²) in [6.45, 7) is 0. The molecule has 0 saturated carbocycles. The lowest BCUT2D eigenvalue weighted by Crippen LogP contribution is -2.43. The number of amides is 3. The fourth-order valence-corrected chi connectivity index (χ4v) is 4.51. The van der Waals surface area contributed by atoms with E-state index in [1.807, 2.05) is 133 Å². The van der Waals surface area contributed by atoms with Crippen molar-refractivity contribution in [1.29, 1.82) is 0 Å². The molecule has 0 heterocycles. The van der Waals surface area contributed by atoms with E-state index in [0.29, 0.717) is 16.7 Å². The number of hydrogen-bond acceptors (Lipinski definition) is 8. The number of hydrazone groups is 1. The highest BCUT2D eigenvalue weighted by atomic mass is 16.3. The molecular weight excluding hydrogens is 769 g/mol. The van der Waals surface area contributed by atoms with E-state index in [2.05, 4.69) is 21.4 Å². The van der Waals surface area contributed by atoms with Crippen molar-refractivity contribution in [2.45, 2.75) is 13.7 Å². The number of hydrogen-bond donors (Lipinski definition) is 6. The molecule has 1 atom stereocenters. The molecule has 0 saturated heterocycles. The number of allylic oxidation sites excluding steroid dienone is 2. The number of rotatable bonds is 12. The average molecular weight is 821 g/mol. The Kier molecular flexibility index (Phi) is 26.9. The summed E-state index contributed by atoms with van der Waals surface area (Å²) in [5.41, 5.74) is 14.3. The smallest absolute Gasteiger partial charge is 0.271 e. The predicted molar refractivity (Wildman–Crippen MR) is 246 cm³/mol. The summed E-state index contributed by atoms with van der Waals surface area (Å²) in [5, 5.41) is 13.5. The van der Waals surface area contributed by atoms with Gasteiger partial charge in [-0.2, -0.15) is 5.10 Å². The van der Waals surface area contributed by atoms with Crippen LogP contribution in [-0.2, 0) is 4.79 Å². The second kappa shape index (κ2) is 32.1. The number of aliphatic hydroxyl groups is 1. The van der Waals surface area contributed by atoms with Crippen molar-refractivity contribution in [3.8, 4) is 0 Å². The number of carbonyl (C=O) groups is 4. The lowest BCUT2D eigenvalue weighted by Gasteiger charge is -2.10. The molecule has 0 spiro atoms. The Bertz CT molecular complexity index is 2210. The summed E-state index contributed by atoms with van der Waals surface area (Å²) in [5.74, 6) is 4.13. The molecular formula is C49H52N6O6. The number of aliphatic hydroxyl groups excluding tert-OH is 1. The third-order valence-corrected chi connectivity index (χ3v) is 7.42. The Morgan fingerprint density at radius 3 is 1.30 bits per heavy atom. The van der Waals surface area contributed by atoms with Gasteiger partial charge in [0.15, 0.2) is 0 Å². The first-order valence-electron chi connectivity index (χ1n) is 18.2. The van der Waals surface area contributed by atoms with E-state index in [1.54, 1.807) is 91.2 Å². The normalized spacial score (nSPS) is 10.5. The molecule has 6 aromatic carbocycles. The molecule has 12 heteroatoms. The van der Waals surface area contributed by atoms with Crippen molar-refractivity contribution in [3.05, 3.63) is 234 Å². The Balaban J connectivity index is 0.000000421. The van der Waals surface area contributed by atoms with Gasteiger partial charge in [-0.3, -0.25) is 30.0 Å². The summed E-state index contributed by atoms with van der Waals surface area (Å²) >= 11 is 0. The number of aldehydes is 1. The number of nitrogens with zero attached hydrogens (tertiary/aromatic N) is 1. The highest BCUT2D eigenvalue weighted by Gasteiger charge is 2.05. The first kappa shape index (κ1) is 51.1. The van der Waals surface area contributed by atoms with E-state index in [4.69, 9.17) is 5.84 Å². The lowest BCUT2D eigenvalue weighted by molar-refractivity contribution is -0.104. The summed E-state index contributed by atoms with van der Waals surface area (Å²) in [7, 11) is 0. The van der Waals surface area contributed by atoms with E-state index < -0.39 is 6.23 Å². The number of hydrazine groups is 2. The van der Waals surface area contributed by atoms with Crippen molar-refractivity contribution >= 4 is 48.5 Å². The van der Waals surface area contributed by atoms with Crippen LogP contribution in [0.4, 0.5) is 0 Å². The highest BCUT2D eigenvalue weighted by Crippen LogP contribution is 2.03. The van der Waals surface area contributed by atoms with Crippen molar-refractivity contribution in [1.82, 2.24) is 21.7 Å². The maximum Gasteiger partial charge on any atom is 0.271 e. The van der Waals surface area contributed by atoms with E-state index in [-0.39, 0.29) is 30.6 Å². The van der Waals surface area contributed by atoms with Gasteiger partial charge in [-0.05, 0) is 71.3 Å². The Morgan fingerprint density at radius 2 is 0.885 bits per heavy atom. The molecule has 1 unspecified atom stereocenters. The van der Waals surface area contributed by atoms with Gasteiger partial charge in [0.25, 0.3) is 17.7 Å². The maximum absolute atomic E-state index is 11.7.